The predicted octanol–water partition coefficient (Wildman–Crippen LogP) is 2.57. The Morgan fingerprint density at radius 3 is 2.33 bits per heavy atom. The largest absolute Gasteiger partial charge is 0.493 e. The van der Waals surface area contributed by atoms with Gasteiger partial charge in [-0.15, -0.1) is 0 Å². The van der Waals surface area contributed by atoms with E-state index in [0.29, 0.717) is 12.2 Å². The molecular formula is C17H25NO3. The van der Waals surface area contributed by atoms with Gasteiger partial charge in [0.2, 0.25) is 0 Å². The summed E-state index contributed by atoms with van der Waals surface area (Å²) in [6, 6.07) is 8.39. The summed E-state index contributed by atoms with van der Waals surface area (Å²) in [4.78, 5) is 2.52. The van der Waals surface area contributed by atoms with Crippen LogP contribution < -0.4 is 9.47 Å². The van der Waals surface area contributed by atoms with E-state index in [1.54, 1.807) is 14.2 Å². The lowest BCUT2D eigenvalue weighted by Gasteiger charge is -2.26. The van der Waals surface area contributed by atoms with Gasteiger partial charge in [-0.05, 0) is 45.0 Å². The highest BCUT2D eigenvalue weighted by molar-refractivity contribution is 5.39. The minimum Gasteiger partial charge on any atom is -0.493 e. The predicted molar refractivity (Wildman–Crippen MR) is 82.0 cm³/mol. The van der Waals surface area contributed by atoms with Crippen molar-refractivity contribution in [2.45, 2.75) is 37.5 Å². The van der Waals surface area contributed by atoms with Crippen LogP contribution in [0.15, 0.2) is 24.3 Å². The number of benzene rings is 1. The summed E-state index contributed by atoms with van der Waals surface area (Å²) in [5.41, 5.74) is 0. The number of methoxy groups -OCH3 is 2. The lowest BCUT2D eigenvalue weighted by molar-refractivity contribution is 0.226. The molecule has 0 N–H and O–H groups in total. The lowest BCUT2D eigenvalue weighted by Crippen LogP contribution is -2.35. The van der Waals surface area contributed by atoms with E-state index < -0.39 is 0 Å². The van der Waals surface area contributed by atoms with Gasteiger partial charge in [0, 0.05) is 12.0 Å². The highest BCUT2D eigenvalue weighted by Crippen LogP contribution is 2.46. The number of ether oxygens (including phenoxy) is 3. The van der Waals surface area contributed by atoms with Crippen molar-refractivity contribution in [1.82, 2.24) is 4.90 Å². The minimum absolute atomic E-state index is 0.665. The maximum absolute atomic E-state index is 5.61. The van der Waals surface area contributed by atoms with Gasteiger partial charge in [-0.1, -0.05) is 12.1 Å². The van der Waals surface area contributed by atoms with Crippen LogP contribution in [0.3, 0.4) is 0 Å². The molecule has 0 amide bonds. The molecule has 0 aromatic heterocycles. The molecule has 4 nitrogen and oxygen atoms in total. The fourth-order valence-electron chi connectivity index (χ4n) is 3.74. The van der Waals surface area contributed by atoms with Crippen molar-refractivity contribution in [2.75, 3.05) is 27.8 Å². The molecule has 3 aliphatic rings. The lowest BCUT2D eigenvalue weighted by atomic mass is 9.85. The first-order valence-electron chi connectivity index (χ1n) is 7.77. The topological polar surface area (TPSA) is 34.2 Å². The highest BCUT2D eigenvalue weighted by atomic mass is 16.6. The van der Waals surface area contributed by atoms with Crippen molar-refractivity contribution >= 4 is 0 Å². The van der Waals surface area contributed by atoms with E-state index in [1.807, 2.05) is 24.3 Å². The number of likely N-dealkylation sites (tertiary alicyclic amines) is 1. The summed E-state index contributed by atoms with van der Waals surface area (Å²) < 4.78 is 15.6. The van der Waals surface area contributed by atoms with E-state index >= 15 is 0 Å². The Hall–Kier alpha value is -1.26. The Kier molecular flexibility index (Phi) is 4.36. The van der Waals surface area contributed by atoms with Crippen LogP contribution in [0, 0.1) is 5.92 Å². The van der Waals surface area contributed by atoms with E-state index in [9.17, 15) is 0 Å². The zero-order valence-electron chi connectivity index (χ0n) is 13.1. The van der Waals surface area contributed by atoms with Crippen LogP contribution in [-0.2, 0) is 4.74 Å². The Balaban J connectivity index is 0.000000127. The van der Waals surface area contributed by atoms with Crippen molar-refractivity contribution in [2.24, 2.45) is 5.92 Å². The average Bonchev–Trinajstić information content (AvgIpc) is 3.24. The first-order chi connectivity index (χ1) is 10.2. The number of hydrogen-bond donors (Lipinski definition) is 0. The number of fused-ring (bicyclic) bond motifs is 3. The van der Waals surface area contributed by atoms with Crippen molar-refractivity contribution in [1.29, 1.82) is 0 Å². The molecule has 4 rings (SSSR count). The van der Waals surface area contributed by atoms with Gasteiger partial charge < -0.3 is 19.1 Å². The second-order valence-electron chi connectivity index (χ2n) is 6.07. The summed E-state index contributed by atoms with van der Waals surface area (Å²) in [5, 5.41) is 0. The van der Waals surface area contributed by atoms with E-state index in [-0.39, 0.29) is 0 Å². The molecule has 0 spiro atoms. The minimum atomic E-state index is 0.665. The summed E-state index contributed by atoms with van der Waals surface area (Å²) in [6.07, 6.45) is 5.40. The molecule has 0 radical (unpaired) electrons. The Labute approximate surface area is 127 Å². The molecule has 21 heavy (non-hydrogen) atoms. The molecule has 1 aromatic rings. The van der Waals surface area contributed by atoms with Crippen LogP contribution in [0.25, 0.3) is 0 Å². The normalized spacial score (nSPS) is 33.3. The molecule has 4 unspecified atom stereocenters. The highest BCUT2D eigenvalue weighted by Gasteiger charge is 2.53. The van der Waals surface area contributed by atoms with Crippen LogP contribution in [0.4, 0.5) is 0 Å². The zero-order valence-corrected chi connectivity index (χ0v) is 13.1. The summed E-state index contributed by atoms with van der Waals surface area (Å²) in [6.45, 7) is 1.29. The van der Waals surface area contributed by atoms with Crippen molar-refractivity contribution in [3.8, 4) is 11.5 Å². The molecular weight excluding hydrogens is 266 g/mol. The second kappa shape index (κ2) is 6.24. The van der Waals surface area contributed by atoms with Gasteiger partial charge in [0.1, 0.15) is 0 Å². The number of para-hydroxylation sites is 2. The fraction of sp³-hybridized carbons (Fsp3) is 0.647. The van der Waals surface area contributed by atoms with Crippen LogP contribution in [0.2, 0.25) is 0 Å². The van der Waals surface area contributed by atoms with E-state index in [0.717, 1.165) is 23.5 Å². The first-order valence-corrected chi connectivity index (χ1v) is 7.77. The fourth-order valence-corrected chi connectivity index (χ4v) is 3.74. The first kappa shape index (κ1) is 14.7. The van der Waals surface area contributed by atoms with Gasteiger partial charge in [-0.25, -0.2) is 0 Å². The van der Waals surface area contributed by atoms with Crippen LogP contribution in [0.5, 0.6) is 11.5 Å². The van der Waals surface area contributed by atoms with E-state index in [4.69, 9.17) is 14.2 Å². The van der Waals surface area contributed by atoms with Crippen molar-refractivity contribution in [3.63, 3.8) is 0 Å². The van der Waals surface area contributed by atoms with Crippen LogP contribution in [-0.4, -0.2) is 51.0 Å². The Morgan fingerprint density at radius 1 is 1.05 bits per heavy atom. The van der Waals surface area contributed by atoms with Gasteiger partial charge in [0.05, 0.1) is 26.4 Å². The van der Waals surface area contributed by atoms with Crippen LogP contribution in [0.1, 0.15) is 19.3 Å². The maximum Gasteiger partial charge on any atom is 0.160 e. The SMILES string of the molecule is CN1CCC2C3OC3CCC21.COc1ccccc1OC. The van der Waals surface area contributed by atoms with Crippen LogP contribution >= 0.6 is 0 Å². The Morgan fingerprint density at radius 2 is 1.71 bits per heavy atom. The molecule has 2 aliphatic heterocycles. The molecule has 3 fully saturated rings. The third-order valence-corrected chi connectivity index (χ3v) is 4.96. The maximum atomic E-state index is 5.61. The van der Waals surface area contributed by atoms with Crippen molar-refractivity contribution < 1.29 is 14.2 Å². The monoisotopic (exact) mass is 291 g/mol. The zero-order chi connectivity index (χ0) is 14.8. The molecule has 1 aromatic carbocycles. The third-order valence-electron chi connectivity index (χ3n) is 4.96. The van der Waals surface area contributed by atoms with Crippen molar-refractivity contribution in [3.05, 3.63) is 24.3 Å². The third kappa shape index (κ3) is 3.01. The Bertz CT molecular complexity index is 456. The second-order valence-corrected chi connectivity index (χ2v) is 6.07. The summed E-state index contributed by atoms with van der Waals surface area (Å²) in [5.74, 6) is 2.42. The van der Waals surface area contributed by atoms with Gasteiger partial charge in [-0.2, -0.15) is 0 Å². The smallest absolute Gasteiger partial charge is 0.160 e. The molecule has 116 valence electrons. The van der Waals surface area contributed by atoms with Gasteiger partial charge in [0.15, 0.2) is 11.5 Å². The molecule has 2 heterocycles. The molecule has 1 saturated carbocycles. The molecule has 4 atom stereocenters. The quantitative estimate of drug-likeness (QED) is 0.784. The van der Waals surface area contributed by atoms with E-state index in [2.05, 4.69) is 11.9 Å². The standard InChI is InChI=1S/C9H15NO.C8H10O2/c1-10-5-4-6-7(10)2-3-8-9(6)11-8;1-9-7-5-3-4-6-8(7)10-2/h6-9H,2-5H2,1H3;3-6H,1-2H3. The average molecular weight is 291 g/mol. The molecule has 1 aliphatic carbocycles. The van der Waals surface area contributed by atoms with Gasteiger partial charge >= 0.3 is 0 Å². The molecule has 4 heteroatoms. The summed E-state index contributed by atoms with van der Waals surface area (Å²) >= 11 is 0. The number of rotatable bonds is 2. The molecule has 0 bridgehead atoms. The van der Waals surface area contributed by atoms with Gasteiger partial charge in [0.25, 0.3) is 0 Å². The number of hydrogen-bond acceptors (Lipinski definition) is 4. The molecule has 2 saturated heterocycles. The number of epoxide rings is 1. The number of nitrogens with zero attached hydrogens (tertiary/aromatic N) is 1. The van der Waals surface area contributed by atoms with Gasteiger partial charge in [-0.3, -0.25) is 0 Å². The summed E-state index contributed by atoms with van der Waals surface area (Å²) in [7, 11) is 5.50. The van der Waals surface area contributed by atoms with E-state index in [1.165, 1.54) is 25.8 Å².